The van der Waals surface area contributed by atoms with Crippen LogP contribution in [0, 0.1) is 0 Å². The van der Waals surface area contributed by atoms with Crippen molar-refractivity contribution in [3.05, 3.63) is 66.2 Å². The van der Waals surface area contributed by atoms with Gasteiger partial charge in [0.15, 0.2) is 11.5 Å². The quantitative estimate of drug-likeness (QED) is 0.586. The van der Waals surface area contributed by atoms with Crippen LogP contribution < -0.4 is 15.2 Å². The predicted molar refractivity (Wildman–Crippen MR) is 99.0 cm³/mol. The number of nitrogens with zero attached hydrogens (tertiary/aromatic N) is 2. The smallest absolute Gasteiger partial charge is 0.313 e. The number of nitrogen functional groups attached to an aromatic ring is 1. The first-order chi connectivity index (χ1) is 12.7. The van der Waals surface area contributed by atoms with Gasteiger partial charge in [0.2, 0.25) is 5.89 Å². The molecule has 4 rings (SSSR count). The minimum absolute atomic E-state index is 0.0223. The molecule has 0 saturated carbocycles. The molecule has 6 heteroatoms. The fourth-order valence-electron chi connectivity index (χ4n) is 2.85. The third-order valence-corrected chi connectivity index (χ3v) is 4.11. The van der Waals surface area contributed by atoms with Crippen molar-refractivity contribution in [1.82, 2.24) is 10.2 Å². The topological polar surface area (TPSA) is 83.4 Å². The molecule has 0 amide bonds. The van der Waals surface area contributed by atoms with Crippen LogP contribution >= 0.6 is 0 Å². The van der Waals surface area contributed by atoms with E-state index in [0.29, 0.717) is 29.6 Å². The van der Waals surface area contributed by atoms with E-state index in [1.54, 1.807) is 19.2 Å². The van der Waals surface area contributed by atoms with Gasteiger partial charge in [-0.25, -0.2) is 0 Å². The van der Waals surface area contributed by atoms with Crippen LogP contribution in [0.1, 0.15) is 5.56 Å². The van der Waals surface area contributed by atoms with E-state index in [1.807, 2.05) is 24.3 Å². The van der Waals surface area contributed by atoms with Gasteiger partial charge in [-0.05, 0) is 34.5 Å². The van der Waals surface area contributed by atoms with Crippen molar-refractivity contribution in [1.29, 1.82) is 0 Å². The Morgan fingerprint density at radius 2 is 1.81 bits per heavy atom. The molecule has 0 bridgehead atoms. The van der Waals surface area contributed by atoms with Crippen LogP contribution in [0.4, 0.5) is 6.01 Å². The number of ether oxygens (including phenoxy) is 2. The Balaban J connectivity index is 1.64. The summed E-state index contributed by atoms with van der Waals surface area (Å²) in [7, 11) is 1.60. The normalized spacial score (nSPS) is 10.8. The fraction of sp³-hybridized carbons (Fsp3) is 0.100. The number of fused-ring (bicyclic) bond motifs is 1. The van der Waals surface area contributed by atoms with Gasteiger partial charge >= 0.3 is 6.01 Å². The Morgan fingerprint density at radius 1 is 0.962 bits per heavy atom. The van der Waals surface area contributed by atoms with Crippen LogP contribution in [0.25, 0.3) is 22.2 Å². The minimum atomic E-state index is 0.0223. The Kier molecular flexibility index (Phi) is 4.15. The molecule has 3 aromatic carbocycles. The Labute approximate surface area is 150 Å². The second-order valence-electron chi connectivity index (χ2n) is 5.74. The van der Waals surface area contributed by atoms with Crippen LogP contribution in [0.5, 0.6) is 11.5 Å². The van der Waals surface area contributed by atoms with Crippen LogP contribution in [0.2, 0.25) is 0 Å². The first-order valence-electron chi connectivity index (χ1n) is 8.11. The third kappa shape index (κ3) is 3.04. The number of methoxy groups -OCH3 is 1. The lowest BCUT2D eigenvalue weighted by atomic mass is 10.1. The molecule has 0 spiro atoms. The first kappa shape index (κ1) is 16.0. The first-order valence-corrected chi connectivity index (χ1v) is 8.11. The molecule has 0 aliphatic carbocycles. The Hall–Kier alpha value is -3.54. The lowest BCUT2D eigenvalue weighted by Gasteiger charge is -2.13. The van der Waals surface area contributed by atoms with E-state index in [2.05, 4.69) is 34.5 Å². The summed E-state index contributed by atoms with van der Waals surface area (Å²) in [6, 6.07) is 19.8. The standard InChI is InChI=1S/C20H17N3O3/c1-24-17-10-9-14(19-22-23-20(21)26-19)11-18(17)25-12-15-7-4-6-13-5-2-3-8-16(13)15/h2-11H,12H2,1H3,(H2,21,23). The summed E-state index contributed by atoms with van der Waals surface area (Å²) >= 11 is 0. The van der Waals surface area contributed by atoms with E-state index in [0.717, 1.165) is 10.9 Å². The molecule has 26 heavy (non-hydrogen) atoms. The lowest BCUT2D eigenvalue weighted by molar-refractivity contribution is 0.286. The van der Waals surface area contributed by atoms with Gasteiger partial charge in [0.1, 0.15) is 6.61 Å². The highest BCUT2D eigenvalue weighted by Crippen LogP contribution is 2.33. The monoisotopic (exact) mass is 347 g/mol. The maximum Gasteiger partial charge on any atom is 0.313 e. The molecule has 0 aliphatic rings. The van der Waals surface area contributed by atoms with Crippen LogP contribution in [-0.4, -0.2) is 17.3 Å². The molecule has 0 fully saturated rings. The zero-order valence-corrected chi connectivity index (χ0v) is 14.2. The largest absolute Gasteiger partial charge is 0.493 e. The average Bonchev–Trinajstić information content (AvgIpc) is 3.12. The SMILES string of the molecule is COc1ccc(-c2nnc(N)o2)cc1OCc1cccc2ccccc12. The molecule has 0 saturated heterocycles. The highest BCUT2D eigenvalue weighted by Gasteiger charge is 2.12. The number of hydrogen-bond acceptors (Lipinski definition) is 6. The molecule has 2 N–H and O–H groups in total. The minimum Gasteiger partial charge on any atom is -0.493 e. The summed E-state index contributed by atoms with van der Waals surface area (Å²) in [5.41, 5.74) is 7.31. The summed E-state index contributed by atoms with van der Waals surface area (Å²) in [5, 5.41) is 9.92. The fourth-order valence-corrected chi connectivity index (χ4v) is 2.85. The van der Waals surface area contributed by atoms with Gasteiger partial charge in [-0.3, -0.25) is 0 Å². The molecule has 4 aromatic rings. The number of benzene rings is 3. The molecule has 0 unspecified atom stereocenters. The summed E-state index contributed by atoms with van der Waals surface area (Å²) < 4.78 is 16.7. The second-order valence-corrected chi connectivity index (χ2v) is 5.74. The molecule has 0 atom stereocenters. The van der Waals surface area contributed by atoms with E-state index in [-0.39, 0.29) is 6.01 Å². The van der Waals surface area contributed by atoms with Crippen molar-refractivity contribution >= 4 is 16.8 Å². The van der Waals surface area contributed by atoms with Crippen molar-refractivity contribution in [2.75, 3.05) is 12.8 Å². The number of rotatable bonds is 5. The number of anilines is 1. The van der Waals surface area contributed by atoms with E-state index in [4.69, 9.17) is 19.6 Å². The van der Waals surface area contributed by atoms with Gasteiger partial charge in [0, 0.05) is 5.56 Å². The molecule has 130 valence electrons. The zero-order valence-electron chi connectivity index (χ0n) is 14.2. The van der Waals surface area contributed by atoms with Gasteiger partial charge in [0.25, 0.3) is 0 Å². The maximum atomic E-state index is 6.05. The number of hydrogen-bond donors (Lipinski definition) is 1. The second kappa shape index (κ2) is 6.76. The van der Waals surface area contributed by atoms with Crippen molar-refractivity contribution in [2.45, 2.75) is 6.61 Å². The number of aromatic nitrogens is 2. The van der Waals surface area contributed by atoms with Gasteiger partial charge in [-0.15, -0.1) is 5.10 Å². The molecule has 1 aromatic heterocycles. The Bertz CT molecular complexity index is 1050. The highest BCUT2D eigenvalue weighted by atomic mass is 16.5. The van der Waals surface area contributed by atoms with Crippen LogP contribution in [0.15, 0.2) is 65.1 Å². The highest BCUT2D eigenvalue weighted by molar-refractivity contribution is 5.85. The van der Waals surface area contributed by atoms with Crippen molar-refractivity contribution in [2.24, 2.45) is 0 Å². The summed E-state index contributed by atoms with van der Waals surface area (Å²) in [6.07, 6.45) is 0. The van der Waals surface area contributed by atoms with E-state index < -0.39 is 0 Å². The zero-order chi connectivity index (χ0) is 17.9. The van der Waals surface area contributed by atoms with E-state index in [9.17, 15) is 0 Å². The molecule has 0 radical (unpaired) electrons. The van der Waals surface area contributed by atoms with Crippen LogP contribution in [-0.2, 0) is 6.61 Å². The maximum absolute atomic E-state index is 6.05. The lowest BCUT2D eigenvalue weighted by Crippen LogP contribution is -1.99. The third-order valence-electron chi connectivity index (χ3n) is 4.11. The molecular formula is C20H17N3O3. The molecule has 6 nitrogen and oxygen atoms in total. The van der Waals surface area contributed by atoms with E-state index >= 15 is 0 Å². The van der Waals surface area contributed by atoms with Crippen molar-refractivity contribution in [3.63, 3.8) is 0 Å². The van der Waals surface area contributed by atoms with Crippen molar-refractivity contribution < 1.29 is 13.9 Å². The van der Waals surface area contributed by atoms with Gasteiger partial charge in [-0.2, -0.15) is 0 Å². The summed E-state index contributed by atoms with van der Waals surface area (Å²) in [4.78, 5) is 0. The van der Waals surface area contributed by atoms with E-state index in [1.165, 1.54) is 5.39 Å². The summed E-state index contributed by atoms with van der Waals surface area (Å²) in [6.45, 7) is 0.410. The molecule has 1 heterocycles. The predicted octanol–water partition coefficient (Wildman–Crippen LogP) is 4.06. The average molecular weight is 347 g/mol. The molecule has 0 aliphatic heterocycles. The van der Waals surface area contributed by atoms with Gasteiger partial charge in [-0.1, -0.05) is 47.6 Å². The van der Waals surface area contributed by atoms with Gasteiger partial charge < -0.3 is 19.6 Å². The van der Waals surface area contributed by atoms with Crippen molar-refractivity contribution in [3.8, 4) is 23.0 Å². The summed E-state index contributed by atoms with van der Waals surface area (Å²) in [5.74, 6) is 1.55. The van der Waals surface area contributed by atoms with Crippen LogP contribution in [0.3, 0.4) is 0 Å². The Morgan fingerprint density at radius 3 is 2.62 bits per heavy atom. The molecular weight excluding hydrogens is 330 g/mol. The number of nitrogens with two attached hydrogens (primary N) is 1. The van der Waals surface area contributed by atoms with Gasteiger partial charge in [0.05, 0.1) is 7.11 Å².